The third kappa shape index (κ3) is 3.65. The van der Waals surface area contributed by atoms with Gasteiger partial charge >= 0.3 is 0 Å². The van der Waals surface area contributed by atoms with Crippen LogP contribution in [0.25, 0.3) is 0 Å². The van der Waals surface area contributed by atoms with E-state index in [2.05, 4.69) is 46.4 Å². The van der Waals surface area contributed by atoms with Crippen LogP contribution in [0.4, 0.5) is 0 Å². The zero-order chi connectivity index (χ0) is 14.7. The average molecular weight is 272 g/mol. The van der Waals surface area contributed by atoms with Crippen molar-refractivity contribution in [3.05, 3.63) is 35.5 Å². The molecule has 0 N–H and O–H groups in total. The van der Waals surface area contributed by atoms with Gasteiger partial charge < -0.3 is 0 Å². The highest BCUT2D eigenvalue weighted by Gasteiger charge is 2.36. The summed E-state index contributed by atoms with van der Waals surface area (Å²) in [6, 6.07) is 0. The molecular weight excluding hydrogens is 240 g/mol. The molecule has 20 heavy (non-hydrogen) atoms. The molecule has 112 valence electrons. The van der Waals surface area contributed by atoms with Crippen LogP contribution in [-0.4, -0.2) is 0 Å². The molecule has 0 aliphatic heterocycles. The van der Waals surface area contributed by atoms with Crippen molar-refractivity contribution in [2.75, 3.05) is 0 Å². The van der Waals surface area contributed by atoms with E-state index < -0.39 is 0 Å². The fourth-order valence-electron chi connectivity index (χ4n) is 4.18. The van der Waals surface area contributed by atoms with Gasteiger partial charge in [-0.15, -0.1) is 0 Å². The Morgan fingerprint density at radius 3 is 2.80 bits per heavy atom. The number of fused-ring (bicyclic) bond motifs is 1. The highest BCUT2D eigenvalue weighted by molar-refractivity contribution is 5.30. The Morgan fingerprint density at radius 2 is 2.10 bits per heavy atom. The molecule has 1 unspecified atom stereocenters. The molecule has 2 aliphatic rings. The zero-order valence-corrected chi connectivity index (χ0v) is 13.9. The van der Waals surface area contributed by atoms with E-state index in [1.807, 2.05) is 0 Å². The minimum atomic E-state index is 0.817. The number of hydrogen-bond donors (Lipinski definition) is 0. The van der Waals surface area contributed by atoms with E-state index in [1.54, 1.807) is 5.57 Å². The molecular formula is C20H32. The summed E-state index contributed by atoms with van der Waals surface area (Å²) in [4.78, 5) is 0. The minimum Gasteiger partial charge on any atom is -0.0958 e. The highest BCUT2D eigenvalue weighted by atomic mass is 14.4. The van der Waals surface area contributed by atoms with Crippen LogP contribution >= 0.6 is 0 Å². The summed E-state index contributed by atoms with van der Waals surface area (Å²) in [5.41, 5.74) is 4.58. The Kier molecular flexibility index (Phi) is 5.29. The van der Waals surface area contributed by atoms with Crippen LogP contribution in [0.2, 0.25) is 0 Å². The third-order valence-corrected chi connectivity index (χ3v) is 5.48. The Hall–Kier alpha value is -0.780. The maximum absolute atomic E-state index is 4.22. The van der Waals surface area contributed by atoms with E-state index in [4.69, 9.17) is 0 Å². The van der Waals surface area contributed by atoms with Crippen molar-refractivity contribution in [1.29, 1.82) is 0 Å². The molecule has 0 amide bonds. The number of hydrogen-bond acceptors (Lipinski definition) is 0. The van der Waals surface area contributed by atoms with Crippen LogP contribution in [0.15, 0.2) is 35.5 Å². The third-order valence-electron chi connectivity index (χ3n) is 5.48. The summed E-state index contributed by atoms with van der Waals surface area (Å²) in [6.45, 7) is 13.6. The van der Waals surface area contributed by atoms with Gasteiger partial charge in [0.1, 0.15) is 0 Å². The van der Waals surface area contributed by atoms with Crippen molar-refractivity contribution in [1.82, 2.24) is 0 Å². The van der Waals surface area contributed by atoms with Crippen molar-refractivity contribution < 1.29 is 0 Å². The van der Waals surface area contributed by atoms with Crippen LogP contribution in [0.1, 0.15) is 66.2 Å². The van der Waals surface area contributed by atoms with E-state index in [0.29, 0.717) is 0 Å². The van der Waals surface area contributed by atoms with Gasteiger partial charge in [-0.25, -0.2) is 0 Å². The largest absolute Gasteiger partial charge is 0.0958 e. The van der Waals surface area contributed by atoms with Gasteiger partial charge in [0.2, 0.25) is 0 Å². The van der Waals surface area contributed by atoms with Gasteiger partial charge in [0.25, 0.3) is 0 Å². The van der Waals surface area contributed by atoms with Crippen LogP contribution in [0, 0.1) is 23.7 Å². The van der Waals surface area contributed by atoms with Crippen LogP contribution in [-0.2, 0) is 0 Å². The maximum Gasteiger partial charge on any atom is -0.0168 e. The lowest BCUT2D eigenvalue weighted by Gasteiger charge is -2.42. The number of allylic oxidation sites excluding steroid dienone is 5. The van der Waals surface area contributed by atoms with E-state index in [1.165, 1.54) is 49.7 Å². The Labute approximate surface area is 126 Å². The molecule has 4 atom stereocenters. The SMILES string of the molecule is C=C1C=C2C([C@@H](C)CCC=C(C)C)CC[C@H](C)[C@H]2CC1. The molecule has 2 rings (SSSR count). The lowest BCUT2D eigenvalue weighted by Crippen LogP contribution is -2.31. The number of rotatable bonds is 4. The molecule has 1 fully saturated rings. The predicted octanol–water partition coefficient (Wildman–Crippen LogP) is 6.31. The first-order chi connectivity index (χ1) is 9.49. The second-order valence-corrected chi connectivity index (χ2v) is 7.44. The molecule has 0 heterocycles. The van der Waals surface area contributed by atoms with Gasteiger partial charge in [-0.1, -0.05) is 49.3 Å². The molecule has 1 saturated carbocycles. The smallest absolute Gasteiger partial charge is 0.0168 e. The van der Waals surface area contributed by atoms with Gasteiger partial charge in [-0.2, -0.15) is 0 Å². The van der Waals surface area contributed by atoms with Crippen molar-refractivity contribution in [3.8, 4) is 0 Å². The molecule has 0 heteroatoms. The first-order valence-electron chi connectivity index (χ1n) is 8.51. The predicted molar refractivity (Wildman–Crippen MR) is 89.7 cm³/mol. The van der Waals surface area contributed by atoms with Crippen LogP contribution in [0.5, 0.6) is 0 Å². The molecule has 0 nitrogen and oxygen atoms in total. The van der Waals surface area contributed by atoms with Gasteiger partial charge in [0.15, 0.2) is 0 Å². The molecule has 2 aliphatic carbocycles. The van der Waals surface area contributed by atoms with Crippen molar-refractivity contribution in [3.63, 3.8) is 0 Å². The summed E-state index contributed by atoms with van der Waals surface area (Å²) in [5, 5.41) is 0. The van der Waals surface area contributed by atoms with Gasteiger partial charge in [0, 0.05) is 0 Å². The summed E-state index contributed by atoms with van der Waals surface area (Å²) in [6.07, 6.45) is 12.8. The first-order valence-corrected chi connectivity index (χ1v) is 8.51. The normalized spacial score (nSPS) is 31.3. The maximum atomic E-state index is 4.22. The van der Waals surface area contributed by atoms with E-state index >= 15 is 0 Å². The fourth-order valence-corrected chi connectivity index (χ4v) is 4.18. The van der Waals surface area contributed by atoms with Crippen LogP contribution in [0.3, 0.4) is 0 Å². The second-order valence-electron chi connectivity index (χ2n) is 7.44. The van der Waals surface area contributed by atoms with Crippen LogP contribution < -0.4 is 0 Å². The molecule has 0 saturated heterocycles. The topological polar surface area (TPSA) is 0 Å². The molecule has 0 aromatic rings. The second kappa shape index (κ2) is 6.78. The molecule has 0 spiro atoms. The minimum absolute atomic E-state index is 0.817. The summed E-state index contributed by atoms with van der Waals surface area (Å²) in [7, 11) is 0. The lowest BCUT2D eigenvalue weighted by atomic mass is 9.63. The van der Waals surface area contributed by atoms with Gasteiger partial charge in [-0.05, 0) is 76.0 Å². The molecule has 0 aromatic carbocycles. The van der Waals surface area contributed by atoms with E-state index in [9.17, 15) is 0 Å². The zero-order valence-electron chi connectivity index (χ0n) is 13.9. The van der Waals surface area contributed by atoms with Crippen molar-refractivity contribution in [2.24, 2.45) is 23.7 Å². The standard InChI is InChI=1S/C20H32/c1-14(2)7-6-8-16(4)19-12-10-17(5)18-11-9-15(3)13-20(18)19/h7,13,16-19H,3,6,8-12H2,1-2,4-5H3/t16-,17-,18+,19?/m0/s1. The summed E-state index contributed by atoms with van der Waals surface area (Å²) in [5.74, 6) is 3.37. The first kappa shape index (κ1) is 15.6. The molecule has 0 aromatic heterocycles. The summed E-state index contributed by atoms with van der Waals surface area (Å²) >= 11 is 0. The average Bonchev–Trinajstić information content (AvgIpc) is 2.38. The van der Waals surface area contributed by atoms with E-state index in [-0.39, 0.29) is 0 Å². The lowest BCUT2D eigenvalue weighted by molar-refractivity contribution is 0.212. The molecule has 0 radical (unpaired) electrons. The Balaban J connectivity index is 2.06. The molecule has 0 bridgehead atoms. The van der Waals surface area contributed by atoms with Crippen molar-refractivity contribution in [2.45, 2.75) is 66.2 Å². The monoisotopic (exact) mass is 272 g/mol. The Bertz CT molecular complexity index is 406. The van der Waals surface area contributed by atoms with Gasteiger partial charge in [-0.3, -0.25) is 0 Å². The van der Waals surface area contributed by atoms with E-state index in [0.717, 1.165) is 23.7 Å². The Morgan fingerprint density at radius 1 is 1.35 bits per heavy atom. The quantitative estimate of drug-likeness (QED) is 0.526. The van der Waals surface area contributed by atoms with Gasteiger partial charge in [0.05, 0.1) is 0 Å². The highest BCUT2D eigenvalue weighted by Crippen LogP contribution is 2.47. The fraction of sp³-hybridized carbons (Fsp3) is 0.700. The van der Waals surface area contributed by atoms with Crippen molar-refractivity contribution >= 4 is 0 Å². The summed E-state index contributed by atoms with van der Waals surface area (Å²) < 4.78 is 0.